The van der Waals surface area contributed by atoms with Crippen molar-refractivity contribution in [3.05, 3.63) is 82.3 Å². The van der Waals surface area contributed by atoms with E-state index in [0.717, 1.165) is 29.7 Å². The molecule has 0 amide bonds. The Labute approximate surface area is 144 Å². The molecule has 0 N–H and O–H groups in total. The summed E-state index contributed by atoms with van der Waals surface area (Å²) in [6.07, 6.45) is 3.36. The van der Waals surface area contributed by atoms with Gasteiger partial charge < -0.3 is 4.55 Å². The summed E-state index contributed by atoms with van der Waals surface area (Å²) in [5.74, 6) is -4.04. The van der Waals surface area contributed by atoms with Crippen LogP contribution in [0.2, 0.25) is 0 Å². The van der Waals surface area contributed by atoms with Crippen molar-refractivity contribution in [3.8, 4) is 0 Å². The monoisotopic (exact) mass is 368 g/mol. The lowest BCUT2D eigenvalue weighted by Gasteiger charge is -2.03. The van der Waals surface area contributed by atoms with E-state index in [1.165, 1.54) is 18.2 Å². The Balaban J connectivity index is 1.95. The number of halogens is 4. The van der Waals surface area contributed by atoms with Crippen molar-refractivity contribution >= 4 is 29.1 Å². The first kappa shape index (κ1) is 19.0. The normalized spacial score (nSPS) is 12.8. The third-order valence-corrected chi connectivity index (χ3v) is 4.07. The van der Waals surface area contributed by atoms with Crippen LogP contribution in [0.4, 0.5) is 17.6 Å². The van der Waals surface area contributed by atoms with Crippen molar-refractivity contribution in [2.75, 3.05) is 5.75 Å². The maximum absolute atomic E-state index is 13.4. The Morgan fingerprint density at radius 3 is 1.96 bits per heavy atom. The molecular weight excluding hydrogens is 356 g/mol. The van der Waals surface area contributed by atoms with Crippen LogP contribution >= 0.6 is 0 Å². The summed E-state index contributed by atoms with van der Waals surface area (Å²) >= 11 is -1.73. The van der Waals surface area contributed by atoms with Gasteiger partial charge in [0.2, 0.25) is 5.78 Å². The average Bonchev–Trinajstić information content (AvgIpc) is 2.53. The number of hydrogen-bond donors (Lipinski definition) is 0. The van der Waals surface area contributed by atoms with Gasteiger partial charge in [-0.3, -0.25) is 4.79 Å². The summed E-state index contributed by atoms with van der Waals surface area (Å²) in [6, 6.07) is 5.82. The fourth-order valence-electron chi connectivity index (χ4n) is 1.84. The van der Waals surface area contributed by atoms with E-state index in [4.69, 9.17) is 0 Å². The van der Waals surface area contributed by atoms with E-state index < -0.39 is 46.0 Å². The predicted octanol–water partition coefficient (Wildman–Crippen LogP) is 4.24. The minimum atomic E-state index is -1.73. The lowest BCUT2D eigenvalue weighted by atomic mass is 10.2. The van der Waals surface area contributed by atoms with Gasteiger partial charge >= 0.3 is 0 Å². The van der Waals surface area contributed by atoms with Crippen LogP contribution in [0, 0.1) is 23.3 Å². The van der Waals surface area contributed by atoms with Gasteiger partial charge in [0.05, 0.1) is 0 Å². The molecule has 0 aliphatic carbocycles. The number of ketones is 1. The molecule has 0 aromatic heterocycles. The van der Waals surface area contributed by atoms with E-state index in [9.17, 15) is 26.9 Å². The second kappa shape index (κ2) is 8.64. The first-order chi connectivity index (χ1) is 11.8. The van der Waals surface area contributed by atoms with Crippen molar-refractivity contribution < 1.29 is 26.9 Å². The molecule has 1 atom stereocenters. The van der Waals surface area contributed by atoms with Gasteiger partial charge in [0.1, 0.15) is 28.7 Å². The summed E-state index contributed by atoms with van der Waals surface area (Å²) in [6.45, 7) is 0. The minimum Gasteiger partial charge on any atom is -0.612 e. The first-order valence-corrected chi connectivity index (χ1v) is 8.40. The SMILES string of the molecule is O=C(C=Cc1ccc(F)cc1F)C[S+]([O-])C=Cc1ccc(F)cc1F. The highest BCUT2D eigenvalue weighted by molar-refractivity contribution is 7.95. The number of hydrogen-bond acceptors (Lipinski definition) is 2. The predicted molar refractivity (Wildman–Crippen MR) is 88.8 cm³/mol. The van der Waals surface area contributed by atoms with E-state index in [0.29, 0.717) is 12.1 Å². The van der Waals surface area contributed by atoms with Gasteiger partial charge in [-0.25, -0.2) is 17.6 Å². The van der Waals surface area contributed by atoms with Crippen molar-refractivity contribution in [1.82, 2.24) is 0 Å². The summed E-state index contributed by atoms with van der Waals surface area (Å²) in [7, 11) is 0. The molecule has 0 heterocycles. The maximum Gasteiger partial charge on any atom is 0.205 e. The summed E-state index contributed by atoms with van der Waals surface area (Å²) < 4.78 is 64.1. The molecule has 0 fully saturated rings. The molecule has 0 bridgehead atoms. The zero-order valence-electron chi connectivity index (χ0n) is 12.7. The zero-order chi connectivity index (χ0) is 18.4. The highest BCUT2D eigenvalue weighted by atomic mass is 32.2. The largest absolute Gasteiger partial charge is 0.612 e. The molecule has 2 aromatic rings. The van der Waals surface area contributed by atoms with Gasteiger partial charge in [-0.15, -0.1) is 0 Å². The Bertz CT molecular complexity index is 834. The quantitative estimate of drug-likeness (QED) is 0.435. The van der Waals surface area contributed by atoms with Gasteiger partial charge in [0.25, 0.3) is 0 Å². The number of allylic oxidation sites excluding steroid dienone is 1. The van der Waals surface area contributed by atoms with Crippen LogP contribution < -0.4 is 0 Å². The third kappa shape index (κ3) is 5.88. The molecule has 0 saturated carbocycles. The number of benzene rings is 2. The molecule has 0 spiro atoms. The van der Waals surface area contributed by atoms with Crippen molar-refractivity contribution in [2.45, 2.75) is 0 Å². The smallest absolute Gasteiger partial charge is 0.205 e. The van der Waals surface area contributed by atoms with Crippen LogP contribution in [-0.2, 0) is 16.0 Å². The summed E-state index contributed by atoms with van der Waals surface area (Å²) in [5.41, 5.74) is 0.0515. The van der Waals surface area contributed by atoms with E-state index in [1.54, 1.807) is 0 Å². The van der Waals surface area contributed by atoms with Crippen LogP contribution in [-0.4, -0.2) is 16.1 Å². The molecule has 0 radical (unpaired) electrons. The lowest BCUT2D eigenvalue weighted by molar-refractivity contribution is -0.112. The molecule has 7 heteroatoms. The van der Waals surface area contributed by atoms with Crippen LogP contribution in [0.1, 0.15) is 11.1 Å². The topological polar surface area (TPSA) is 40.1 Å². The molecule has 0 aliphatic rings. The molecule has 0 aliphatic heterocycles. The average molecular weight is 368 g/mol. The maximum atomic E-state index is 13.4. The second-order valence-electron chi connectivity index (χ2n) is 4.96. The summed E-state index contributed by atoms with van der Waals surface area (Å²) in [5, 5.41) is 1.11. The summed E-state index contributed by atoms with van der Waals surface area (Å²) in [4.78, 5) is 11.7. The Morgan fingerprint density at radius 2 is 1.44 bits per heavy atom. The fraction of sp³-hybridized carbons (Fsp3) is 0.0556. The van der Waals surface area contributed by atoms with Crippen LogP contribution in [0.5, 0.6) is 0 Å². The Hall–Kier alpha value is -2.38. The minimum absolute atomic E-state index is 0.0180. The number of rotatable bonds is 6. The zero-order valence-corrected chi connectivity index (χ0v) is 13.5. The van der Waals surface area contributed by atoms with E-state index in [-0.39, 0.29) is 11.1 Å². The molecular formula is C18H12F4O2S. The first-order valence-electron chi connectivity index (χ1n) is 7.01. The third-order valence-electron chi connectivity index (χ3n) is 3.06. The van der Waals surface area contributed by atoms with Crippen molar-refractivity contribution in [2.24, 2.45) is 0 Å². The Kier molecular flexibility index (Phi) is 6.55. The molecule has 1 unspecified atom stereocenters. The van der Waals surface area contributed by atoms with Gasteiger partial charge in [-0.2, -0.15) is 0 Å². The van der Waals surface area contributed by atoms with E-state index in [1.807, 2.05) is 0 Å². The van der Waals surface area contributed by atoms with Gasteiger partial charge in [0, 0.05) is 23.3 Å². The van der Waals surface area contributed by atoms with Crippen LogP contribution in [0.3, 0.4) is 0 Å². The molecule has 2 nitrogen and oxygen atoms in total. The molecule has 2 rings (SSSR count). The molecule has 2 aromatic carbocycles. The highest BCUT2D eigenvalue weighted by Crippen LogP contribution is 2.13. The van der Waals surface area contributed by atoms with Crippen molar-refractivity contribution in [1.29, 1.82) is 0 Å². The number of carbonyl (C=O) groups excluding carboxylic acids is 1. The van der Waals surface area contributed by atoms with Gasteiger partial charge in [-0.1, -0.05) is 0 Å². The number of carbonyl (C=O) groups is 1. The molecule has 25 heavy (non-hydrogen) atoms. The van der Waals surface area contributed by atoms with E-state index in [2.05, 4.69) is 0 Å². The molecule has 130 valence electrons. The van der Waals surface area contributed by atoms with Gasteiger partial charge in [-0.05, 0) is 53.7 Å². The van der Waals surface area contributed by atoms with Gasteiger partial charge in [0.15, 0.2) is 5.75 Å². The lowest BCUT2D eigenvalue weighted by Crippen LogP contribution is -2.11. The van der Waals surface area contributed by atoms with Crippen LogP contribution in [0.25, 0.3) is 12.2 Å². The second-order valence-corrected chi connectivity index (χ2v) is 6.28. The molecule has 0 saturated heterocycles. The highest BCUT2D eigenvalue weighted by Gasteiger charge is 2.09. The fourth-order valence-corrected chi connectivity index (χ4v) is 2.61. The van der Waals surface area contributed by atoms with E-state index >= 15 is 0 Å². The standard InChI is InChI=1S/C18H12F4O2S/c19-14-4-1-12(17(21)9-14)3-6-16(23)11-25(24)8-7-13-2-5-15(20)10-18(13)22/h1-10H,11H2. The van der Waals surface area contributed by atoms with Crippen molar-refractivity contribution in [3.63, 3.8) is 0 Å². The Morgan fingerprint density at radius 1 is 0.920 bits per heavy atom. The van der Waals surface area contributed by atoms with Crippen LogP contribution in [0.15, 0.2) is 47.9 Å².